The van der Waals surface area contributed by atoms with Gasteiger partial charge in [0.15, 0.2) is 0 Å². The van der Waals surface area contributed by atoms with Gasteiger partial charge in [0.05, 0.1) is 5.37 Å². The number of carboxylic acid groups (broad SMARTS) is 1. The Morgan fingerprint density at radius 1 is 1.21 bits per heavy atom. The first-order valence-electron chi connectivity index (χ1n) is 9.40. The van der Waals surface area contributed by atoms with E-state index < -0.39 is 12.0 Å². The van der Waals surface area contributed by atoms with Crippen LogP contribution < -0.4 is 5.32 Å². The van der Waals surface area contributed by atoms with Crippen molar-refractivity contribution in [2.24, 2.45) is 0 Å². The molecule has 4 heteroatoms. The molecule has 0 radical (unpaired) electrons. The smallest absolute Gasteiger partial charge is 0.320 e. The first kappa shape index (κ1) is 19.3. The maximum absolute atomic E-state index is 11.2. The van der Waals surface area contributed by atoms with E-state index in [9.17, 15) is 9.90 Å². The third-order valence-corrected chi connectivity index (χ3v) is 5.88. The molecule has 1 aliphatic rings. The molecule has 1 aromatic carbocycles. The summed E-state index contributed by atoms with van der Waals surface area (Å²) >= 11 is 1.81. The Hall–Kier alpha value is -1.00. The van der Waals surface area contributed by atoms with Crippen molar-refractivity contribution in [3.8, 4) is 0 Å². The first-order valence-corrected chi connectivity index (χ1v) is 10.4. The lowest BCUT2D eigenvalue weighted by molar-refractivity contribution is -0.139. The van der Waals surface area contributed by atoms with Gasteiger partial charge in [-0.1, -0.05) is 69.7 Å². The van der Waals surface area contributed by atoms with Crippen molar-refractivity contribution >= 4 is 17.7 Å². The minimum atomic E-state index is -0.737. The van der Waals surface area contributed by atoms with E-state index in [-0.39, 0.29) is 5.37 Å². The summed E-state index contributed by atoms with van der Waals surface area (Å²) in [4.78, 5) is 11.2. The average Bonchev–Trinajstić information content (AvgIpc) is 2.61. The van der Waals surface area contributed by atoms with Gasteiger partial charge < -0.3 is 5.11 Å². The Morgan fingerprint density at radius 2 is 1.96 bits per heavy atom. The molecule has 0 aromatic heterocycles. The van der Waals surface area contributed by atoms with Crippen LogP contribution in [0.2, 0.25) is 0 Å². The van der Waals surface area contributed by atoms with Crippen LogP contribution in [0, 0.1) is 0 Å². The maximum atomic E-state index is 11.2. The largest absolute Gasteiger partial charge is 0.480 e. The van der Waals surface area contributed by atoms with E-state index in [1.54, 1.807) is 0 Å². The van der Waals surface area contributed by atoms with E-state index in [0.717, 1.165) is 12.2 Å². The number of aryl methyl sites for hydroxylation is 1. The first-order chi connectivity index (χ1) is 11.7. The fourth-order valence-electron chi connectivity index (χ4n) is 3.20. The van der Waals surface area contributed by atoms with Crippen LogP contribution in [0.15, 0.2) is 24.3 Å². The van der Waals surface area contributed by atoms with Crippen LogP contribution in [0.3, 0.4) is 0 Å². The van der Waals surface area contributed by atoms with Gasteiger partial charge in [-0.3, -0.25) is 10.1 Å². The second-order valence-corrected chi connectivity index (χ2v) is 7.93. The molecule has 134 valence electrons. The number of carbonyl (C=O) groups is 1. The highest BCUT2D eigenvalue weighted by Crippen LogP contribution is 2.32. The van der Waals surface area contributed by atoms with Crippen molar-refractivity contribution in [2.75, 3.05) is 5.75 Å². The normalized spacial score (nSPS) is 20.9. The lowest BCUT2D eigenvalue weighted by Gasteiger charge is -2.28. The van der Waals surface area contributed by atoms with Gasteiger partial charge in [-0.05, 0) is 36.1 Å². The van der Waals surface area contributed by atoms with E-state index in [1.807, 2.05) is 11.8 Å². The minimum Gasteiger partial charge on any atom is -0.480 e. The predicted molar refractivity (Wildman–Crippen MR) is 103 cm³/mol. The van der Waals surface area contributed by atoms with Gasteiger partial charge in [0.25, 0.3) is 0 Å². The Kier molecular flexibility index (Phi) is 8.68. The molecule has 2 rings (SSSR count). The zero-order valence-electron chi connectivity index (χ0n) is 14.8. The van der Waals surface area contributed by atoms with E-state index in [4.69, 9.17) is 0 Å². The summed E-state index contributed by atoms with van der Waals surface area (Å²) in [5.41, 5.74) is 2.59. The van der Waals surface area contributed by atoms with Crippen molar-refractivity contribution in [1.82, 2.24) is 5.32 Å². The molecule has 2 atom stereocenters. The van der Waals surface area contributed by atoms with Gasteiger partial charge in [0.2, 0.25) is 0 Å². The van der Waals surface area contributed by atoms with Gasteiger partial charge in [-0.15, -0.1) is 11.8 Å². The predicted octanol–water partition coefficient (Wildman–Crippen LogP) is 5.16. The standard InChI is InChI=1S/C20H31NO2S/c1-2-3-4-5-6-7-8-10-16-11-9-12-17(15-16)19-21-18(20(22)23)13-14-24-19/h9,11-12,15,18-19,21H,2-8,10,13-14H2,1H3,(H,22,23). The summed E-state index contributed by atoms with van der Waals surface area (Å²) in [6.45, 7) is 2.26. The monoisotopic (exact) mass is 349 g/mol. The molecule has 24 heavy (non-hydrogen) atoms. The summed E-state index contributed by atoms with van der Waals surface area (Å²) in [7, 11) is 0. The second kappa shape index (κ2) is 10.8. The average molecular weight is 350 g/mol. The van der Waals surface area contributed by atoms with E-state index >= 15 is 0 Å². The van der Waals surface area contributed by atoms with Crippen molar-refractivity contribution in [3.05, 3.63) is 35.4 Å². The lowest BCUT2D eigenvalue weighted by atomic mass is 10.0. The fourth-order valence-corrected chi connectivity index (χ4v) is 4.41. The summed E-state index contributed by atoms with van der Waals surface area (Å²) < 4.78 is 0. The molecule has 2 N–H and O–H groups in total. The van der Waals surface area contributed by atoms with Gasteiger partial charge in [0.1, 0.15) is 6.04 Å². The highest BCUT2D eigenvalue weighted by molar-refractivity contribution is 7.99. The highest BCUT2D eigenvalue weighted by atomic mass is 32.2. The van der Waals surface area contributed by atoms with Crippen molar-refractivity contribution in [2.45, 2.75) is 76.1 Å². The molecule has 1 fully saturated rings. The van der Waals surface area contributed by atoms with Crippen LogP contribution >= 0.6 is 11.8 Å². The molecule has 1 heterocycles. The van der Waals surface area contributed by atoms with Gasteiger partial charge >= 0.3 is 5.97 Å². The van der Waals surface area contributed by atoms with Gasteiger partial charge in [0, 0.05) is 0 Å². The fraction of sp³-hybridized carbons (Fsp3) is 0.650. The molecule has 0 saturated carbocycles. The number of thioether (sulfide) groups is 1. The lowest BCUT2D eigenvalue weighted by Crippen LogP contribution is -2.41. The topological polar surface area (TPSA) is 49.3 Å². The molecule has 3 nitrogen and oxygen atoms in total. The number of benzene rings is 1. The second-order valence-electron chi connectivity index (χ2n) is 6.71. The van der Waals surface area contributed by atoms with Crippen LogP contribution in [0.25, 0.3) is 0 Å². The quantitative estimate of drug-likeness (QED) is 0.573. The number of nitrogens with one attached hydrogen (secondary N) is 1. The third-order valence-electron chi connectivity index (χ3n) is 4.66. The molecule has 0 aliphatic carbocycles. The van der Waals surface area contributed by atoms with Crippen LogP contribution in [-0.2, 0) is 11.2 Å². The van der Waals surface area contributed by atoms with Crippen molar-refractivity contribution < 1.29 is 9.90 Å². The van der Waals surface area contributed by atoms with Crippen molar-refractivity contribution in [3.63, 3.8) is 0 Å². The van der Waals surface area contributed by atoms with E-state index in [1.165, 1.54) is 56.1 Å². The Morgan fingerprint density at radius 3 is 2.71 bits per heavy atom. The number of unbranched alkanes of at least 4 members (excludes halogenated alkanes) is 6. The summed E-state index contributed by atoms with van der Waals surface area (Å²) in [6.07, 6.45) is 11.2. The number of aliphatic carboxylic acids is 1. The van der Waals surface area contributed by atoms with Crippen LogP contribution in [0.5, 0.6) is 0 Å². The number of hydrogen-bond acceptors (Lipinski definition) is 3. The molecule has 1 aromatic rings. The van der Waals surface area contributed by atoms with Gasteiger partial charge in [-0.25, -0.2) is 0 Å². The van der Waals surface area contributed by atoms with Gasteiger partial charge in [-0.2, -0.15) is 0 Å². The molecule has 1 saturated heterocycles. The van der Waals surface area contributed by atoms with Crippen molar-refractivity contribution in [1.29, 1.82) is 0 Å². The zero-order valence-corrected chi connectivity index (χ0v) is 15.6. The number of carboxylic acids is 1. The molecule has 0 amide bonds. The summed E-state index contributed by atoms with van der Waals surface area (Å²) in [6, 6.07) is 8.26. The molecule has 0 bridgehead atoms. The molecule has 0 spiro atoms. The minimum absolute atomic E-state index is 0.105. The summed E-state index contributed by atoms with van der Waals surface area (Å²) in [5.74, 6) is 0.163. The van der Waals surface area contributed by atoms with E-state index in [0.29, 0.717) is 6.42 Å². The van der Waals surface area contributed by atoms with Crippen LogP contribution in [0.1, 0.15) is 74.8 Å². The van der Waals surface area contributed by atoms with E-state index in [2.05, 4.69) is 36.5 Å². The summed E-state index contributed by atoms with van der Waals surface area (Å²) in [5, 5.41) is 12.6. The highest BCUT2D eigenvalue weighted by Gasteiger charge is 2.27. The number of hydrogen-bond donors (Lipinski definition) is 2. The molecular formula is C20H31NO2S. The maximum Gasteiger partial charge on any atom is 0.320 e. The zero-order chi connectivity index (χ0) is 17.2. The van der Waals surface area contributed by atoms with Crippen LogP contribution in [-0.4, -0.2) is 22.9 Å². The SMILES string of the molecule is CCCCCCCCCc1cccc(C2NC(C(=O)O)CCS2)c1. The third kappa shape index (κ3) is 6.48. The molecule has 2 unspecified atom stereocenters. The number of rotatable bonds is 10. The Balaban J connectivity index is 1.77. The Labute approximate surface area is 150 Å². The molecular weight excluding hydrogens is 318 g/mol. The Bertz CT molecular complexity index is 506. The van der Waals surface area contributed by atoms with Crippen LogP contribution in [0.4, 0.5) is 0 Å². The molecule has 1 aliphatic heterocycles.